The molecule has 1 aromatic carbocycles. The predicted octanol–water partition coefficient (Wildman–Crippen LogP) is 1.60. The first-order chi connectivity index (χ1) is 6.33. The maximum atomic E-state index is 10.4. The Bertz CT molecular complexity index is 450. The molecule has 2 aromatic rings. The third-order valence-electron chi connectivity index (χ3n) is 1.75. The van der Waals surface area contributed by atoms with Crippen LogP contribution in [0.2, 0.25) is 0 Å². The van der Waals surface area contributed by atoms with E-state index in [0.29, 0.717) is 5.01 Å². The monoisotopic (exact) mass is 193 g/mol. The number of aromatic nitrogens is 1. The highest BCUT2D eigenvalue weighted by Crippen LogP contribution is 2.21. The number of hydrogen-bond acceptors (Lipinski definition) is 4. The van der Waals surface area contributed by atoms with Crippen molar-refractivity contribution in [2.75, 3.05) is 0 Å². The fourth-order valence-electron chi connectivity index (χ4n) is 1.14. The summed E-state index contributed by atoms with van der Waals surface area (Å²) >= 11 is 1.36. The average Bonchev–Trinajstić information content (AvgIpc) is 2.58. The van der Waals surface area contributed by atoms with Crippen LogP contribution >= 0.6 is 11.3 Å². The first-order valence-electron chi connectivity index (χ1n) is 3.79. The SMILES string of the molecule is O=Cc1nc2cc(CO)ccc2s1. The molecule has 1 heterocycles. The average molecular weight is 193 g/mol. The van der Waals surface area contributed by atoms with Gasteiger partial charge in [-0.15, -0.1) is 11.3 Å². The van der Waals surface area contributed by atoms with Gasteiger partial charge in [0.2, 0.25) is 0 Å². The van der Waals surface area contributed by atoms with E-state index in [2.05, 4.69) is 4.98 Å². The molecule has 1 N–H and O–H groups in total. The molecule has 0 atom stereocenters. The summed E-state index contributed by atoms with van der Waals surface area (Å²) in [5.41, 5.74) is 1.59. The number of aldehydes is 1. The van der Waals surface area contributed by atoms with Crippen molar-refractivity contribution in [3.63, 3.8) is 0 Å². The third-order valence-corrected chi connectivity index (χ3v) is 2.71. The molecule has 3 nitrogen and oxygen atoms in total. The summed E-state index contributed by atoms with van der Waals surface area (Å²) in [6.45, 7) is 0.00386. The zero-order valence-corrected chi connectivity index (χ0v) is 7.54. The van der Waals surface area contributed by atoms with Crippen molar-refractivity contribution in [3.05, 3.63) is 28.8 Å². The number of hydrogen-bond donors (Lipinski definition) is 1. The minimum Gasteiger partial charge on any atom is -0.392 e. The van der Waals surface area contributed by atoms with E-state index in [0.717, 1.165) is 22.1 Å². The van der Waals surface area contributed by atoms with Crippen LogP contribution in [0.3, 0.4) is 0 Å². The Morgan fingerprint density at radius 3 is 3.08 bits per heavy atom. The van der Waals surface area contributed by atoms with Gasteiger partial charge in [-0.05, 0) is 17.7 Å². The molecule has 0 aliphatic rings. The van der Waals surface area contributed by atoms with Crippen molar-refractivity contribution in [2.24, 2.45) is 0 Å². The summed E-state index contributed by atoms with van der Waals surface area (Å²) in [5, 5.41) is 9.34. The number of carbonyl (C=O) groups excluding carboxylic acids is 1. The second-order valence-corrected chi connectivity index (χ2v) is 3.69. The fourth-order valence-corrected chi connectivity index (χ4v) is 1.90. The largest absolute Gasteiger partial charge is 0.392 e. The Morgan fingerprint density at radius 1 is 1.54 bits per heavy atom. The lowest BCUT2D eigenvalue weighted by Gasteiger charge is -1.92. The molecule has 4 heteroatoms. The van der Waals surface area contributed by atoms with Crippen LogP contribution < -0.4 is 0 Å². The number of thiazole rings is 1. The van der Waals surface area contributed by atoms with Gasteiger partial charge in [-0.25, -0.2) is 4.98 Å². The van der Waals surface area contributed by atoms with E-state index in [9.17, 15) is 4.79 Å². The molecule has 66 valence electrons. The first-order valence-corrected chi connectivity index (χ1v) is 4.60. The van der Waals surface area contributed by atoms with Crippen LogP contribution in [0.4, 0.5) is 0 Å². The highest BCUT2D eigenvalue weighted by Gasteiger charge is 2.02. The zero-order chi connectivity index (χ0) is 9.26. The number of benzene rings is 1. The van der Waals surface area contributed by atoms with Gasteiger partial charge in [-0.3, -0.25) is 4.79 Å². The van der Waals surface area contributed by atoms with Crippen molar-refractivity contribution in [2.45, 2.75) is 6.61 Å². The quantitative estimate of drug-likeness (QED) is 0.737. The lowest BCUT2D eigenvalue weighted by Crippen LogP contribution is -1.81. The Kier molecular flexibility index (Phi) is 2.08. The van der Waals surface area contributed by atoms with E-state index in [1.165, 1.54) is 11.3 Å². The van der Waals surface area contributed by atoms with Crippen LogP contribution in [0, 0.1) is 0 Å². The summed E-state index contributed by atoms with van der Waals surface area (Å²) in [4.78, 5) is 14.5. The number of aliphatic hydroxyl groups excluding tert-OH is 1. The molecule has 0 fully saturated rings. The second-order valence-electron chi connectivity index (χ2n) is 2.63. The molecule has 0 aliphatic carbocycles. The zero-order valence-electron chi connectivity index (χ0n) is 6.73. The summed E-state index contributed by atoms with van der Waals surface area (Å²) < 4.78 is 0.972. The van der Waals surface area contributed by atoms with Gasteiger partial charge in [-0.1, -0.05) is 6.07 Å². The molecular formula is C9H7NO2S. The van der Waals surface area contributed by atoms with Crippen molar-refractivity contribution in [1.29, 1.82) is 0 Å². The van der Waals surface area contributed by atoms with E-state index in [1.54, 1.807) is 6.07 Å². The highest BCUT2D eigenvalue weighted by atomic mass is 32.1. The van der Waals surface area contributed by atoms with Crippen LogP contribution in [0.15, 0.2) is 18.2 Å². The summed E-state index contributed by atoms with van der Waals surface area (Å²) in [5.74, 6) is 0. The van der Waals surface area contributed by atoms with Crippen LogP contribution in [-0.4, -0.2) is 16.4 Å². The molecule has 0 saturated heterocycles. The Labute approximate surface area is 78.7 Å². The van der Waals surface area contributed by atoms with Crippen LogP contribution in [0.5, 0.6) is 0 Å². The van der Waals surface area contributed by atoms with Gasteiger partial charge < -0.3 is 5.11 Å². The van der Waals surface area contributed by atoms with Gasteiger partial charge in [0.1, 0.15) is 0 Å². The van der Waals surface area contributed by atoms with Crippen molar-refractivity contribution >= 4 is 27.8 Å². The number of rotatable bonds is 2. The highest BCUT2D eigenvalue weighted by molar-refractivity contribution is 7.20. The lowest BCUT2D eigenvalue weighted by atomic mass is 10.2. The summed E-state index contributed by atoms with van der Waals surface area (Å²) in [6, 6.07) is 5.49. The van der Waals surface area contributed by atoms with Crippen LogP contribution in [0.1, 0.15) is 15.4 Å². The van der Waals surface area contributed by atoms with Crippen LogP contribution in [-0.2, 0) is 6.61 Å². The lowest BCUT2D eigenvalue weighted by molar-refractivity contribution is 0.112. The molecule has 0 aliphatic heterocycles. The number of aliphatic hydroxyl groups is 1. The minimum atomic E-state index is 0.00386. The molecule has 0 amide bonds. The van der Waals surface area contributed by atoms with Gasteiger partial charge >= 0.3 is 0 Å². The standard InChI is InChI=1S/C9H7NO2S/c11-4-6-1-2-8-7(3-6)10-9(5-12)13-8/h1-3,5,11H,4H2. The van der Waals surface area contributed by atoms with E-state index in [1.807, 2.05) is 12.1 Å². The number of carbonyl (C=O) groups is 1. The normalized spacial score (nSPS) is 10.5. The molecule has 0 radical (unpaired) electrons. The Morgan fingerprint density at radius 2 is 2.38 bits per heavy atom. The minimum absolute atomic E-state index is 0.00386. The summed E-state index contributed by atoms with van der Waals surface area (Å²) in [6.07, 6.45) is 0.739. The number of nitrogens with zero attached hydrogens (tertiary/aromatic N) is 1. The summed E-state index contributed by atoms with van der Waals surface area (Å²) in [7, 11) is 0. The maximum absolute atomic E-state index is 10.4. The Hall–Kier alpha value is -1.26. The van der Waals surface area contributed by atoms with Gasteiger partial charge in [0.15, 0.2) is 11.3 Å². The Balaban J connectivity index is 2.63. The molecule has 2 rings (SSSR count). The van der Waals surface area contributed by atoms with E-state index in [-0.39, 0.29) is 6.61 Å². The van der Waals surface area contributed by atoms with Crippen molar-refractivity contribution in [1.82, 2.24) is 4.98 Å². The predicted molar refractivity (Wildman–Crippen MR) is 50.9 cm³/mol. The maximum Gasteiger partial charge on any atom is 0.178 e. The molecule has 0 saturated carbocycles. The molecule has 1 aromatic heterocycles. The van der Waals surface area contributed by atoms with Gasteiger partial charge in [0.25, 0.3) is 0 Å². The van der Waals surface area contributed by atoms with E-state index >= 15 is 0 Å². The topological polar surface area (TPSA) is 50.2 Å². The fraction of sp³-hybridized carbons (Fsp3) is 0.111. The van der Waals surface area contributed by atoms with Gasteiger partial charge in [0, 0.05) is 0 Å². The van der Waals surface area contributed by atoms with Gasteiger partial charge in [0.05, 0.1) is 16.8 Å². The van der Waals surface area contributed by atoms with Gasteiger partial charge in [-0.2, -0.15) is 0 Å². The molecule has 0 spiro atoms. The molecular weight excluding hydrogens is 186 g/mol. The van der Waals surface area contributed by atoms with E-state index in [4.69, 9.17) is 5.11 Å². The smallest absolute Gasteiger partial charge is 0.178 e. The third kappa shape index (κ3) is 1.46. The van der Waals surface area contributed by atoms with Crippen molar-refractivity contribution < 1.29 is 9.90 Å². The van der Waals surface area contributed by atoms with Crippen molar-refractivity contribution in [3.8, 4) is 0 Å². The second kappa shape index (κ2) is 3.24. The first kappa shape index (κ1) is 8.34. The molecule has 0 unspecified atom stereocenters. The van der Waals surface area contributed by atoms with Crippen LogP contribution in [0.25, 0.3) is 10.2 Å². The van der Waals surface area contributed by atoms with E-state index < -0.39 is 0 Å². The molecule has 13 heavy (non-hydrogen) atoms. The number of fused-ring (bicyclic) bond motifs is 1. The molecule has 0 bridgehead atoms.